The van der Waals surface area contributed by atoms with Crippen LogP contribution in [-0.2, 0) is 23.9 Å². The first-order chi connectivity index (χ1) is 12.7. The minimum atomic E-state index is -4.45. The van der Waals surface area contributed by atoms with Gasteiger partial charge >= 0.3 is 6.18 Å². The number of benzene rings is 2. The topological polar surface area (TPSA) is 70.9 Å². The van der Waals surface area contributed by atoms with Crippen LogP contribution in [0.25, 0.3) is 0 Å². The number of amidine groups is 1. The number of carbonyl (C=O) groups is 1. The summed E-state index contributed by atoms with van der Waals surface area (Å²) in [7, 11) is 1.43. The van der Waals surface area contributed by atoms with Crippen molar-refractivity contribution in [2.45, 2.75) is 19.2 Å². The summed E-state index contributed by atoms with van der Waals surface area (Å²) in [4.78, 5) is 16.6. The van der Waals surface area contributed by atoms with Gasteiger partial charge in [-0.2, -0.15) is 13.2 Å². The average Bonchev–Trinajstić information content (AvgIpc) is 2.98. The highest BCUT2D eigenvalue weighted by molar-refractivity contribution is 6.31. The van der Waals surface area contributed by atoms with Crippen LogP contribution in [0.15, 0.2) is 35.3 Å². The second-order valence-electron chi connectivity index (χ2n) is 5.92. The number of hydrogen-bond donors (Lipinski definition) is 2. The van der Waals surface area contributed by atoms with Gasteiger partial charge in [-0.25, -0.2) is 4.99 Å². The van der Waals surface area contributed by atoms with Crippen LogP contribution >= 0.6 is 11.6 Å². The molecule has 0 aromatic heterocycles. The minimum absolute atomic E-state index is 0.0389. The van der Waals surface area contributed by atoms with Crippen LogP contribution in [0.3, 0.4) is 0 Å². The maximum atomic E-state index is 12.8. The maximum absolute atomic E-state index is 12.8. The number of carbonyl (C=O) groups excluding carboxylic acids is 1. The zero-order valence-corrected chi connectivity index (χ0v) is 14.8. The van der Waals surface area contributed by atoms with E-state index in [-0.39, 0.29) is 35.2 Å². The first-order valence-electron chi connectivity index (χ1n) is 7.78. The molecule has 0 fully saturated rings. The number of ether oxygens (including phenoxy) is 1. The van der Waals surface area contributed by atoms with E-state index in [0.29, 0.717) is 16.8 Å². The van der Waals surface area contributed by atoms with Crippen molar-refractivity contribution in [3.63, 3.8) is 0 Å². The Balaban J connectivity index is 1.80. The number of methoxy groups -OCH3 is 1. The molecule has 2 N–H and O–H groups in total. The van der Waals surface area contributed by atoms with Gasteiger partial charge in [0.25, 0.3) is 5.91 Å². The molecule has 0 saturated heterocycles. The van der Waals surface area contributed by atoms with Crippen molar-refractivity contribution >= 4 is 29.0 Å². The van der Waals surface area contributed by atoms with Gasteiger partial charge in [0.1, 0.15) is 11.6 Å². The van der Waals surface area contributed by atoms with E-state index in [9.17, 15) is 23.1 Å². The number of fused-ring (bicyclic) bond motifs is 1. The molecule has 2 aromatic rings. The van der Waals surface area contributed by atoms with Gasteiger partial charge < -0.3 is 15.2 Å². The third kappa shape index (κ3) is 4.06. The summed E-state index contributed by atoms with van der Waals surface area (Å²) in [6, 6.07) is 5.96. The number of halogens is 4. The van der Waals surface area contributed by atoms with Crippen molar-refractivity contribution in [1.82, 2.24) is 5.32 Å². The van der Waals surface area contributed by atoms with E-state index >= 15 is 0 Å². The number of alkyl halides is 3. The molecular weight excluding hydrogens is 385 g/mol. The standard InChI is InChI=1S/C18H14ClF3N2O3/c1-27-8-10-5-12(19)7-13(16(10)25)17(26)24-15-6-9-4-11(18(20,21)22)2-3-14(9)23-15/h2-5,7,25H,6,8H2,1H3,(H,23,24,26). The van der Waals surface area contributed by atoms with E-state index in [1.165, 1.54) is 25.3 Å². The van der Waals surface area contributed by atoms with Gasteiger partial charge in [-0.1, -0.05) is 11.6 Å². The van der Waals surface area contributed by atoms with Crippen molar-refractivity contribution in [2.75, 3.05) is 7.11 Å². The van der Waals surface area contributed by atoms with Gasteiger partial charge in [-0.15, -0.1) is 0 Å². The van der Waals surface area contributed by atoms with Crippen LogP contribution in [0.2, 0.25) is 5.02 Å². The molecule has 0 radical (unpaired) electrons. The number of nitrogens with one attached hydrogen (secondary N) is 1. The third-order valence-corrected chi connectivity index (χ3v) is 4.19. The summed E-state index contributed by atoms with van der Waals surface area (Å²) in [6.45, 7) is 0.0548. The smallest absolute Gasteiger partial charge is 0.416 e. The molecule has 1 heterocycles. The molecule has 1 aliphatic heterocycles. The first kappa shape index (κ1) is 19.2. The van der Waals surface area contributed by atoms with Crippen molar-refractivity contribution in [2.24, 2.45) is 4.99 Å². The van der Waals surface area contributed by atoms with Gasteiger partial charge in [-0.3, -0.25) is 4.79 Å². The summed E-state index contributed by atoms with van der Waals surface area (Å²) in [5.74, 6) is -0.772. The number of aliphatic imine (C=N–C) groups is 1. The first-order valence-corrected chi connectivity index (χ1v) is 8.16. The van der Waals surface area contributed by atoms with Crippen LogP contribution < -0.4 is 5.32 Å². The number of hydrogen-bond acceptors (Lipinski definition) is 4. The molecule has 142 valence electrons. The predicted molar refractivity (Wildman–Crippen MR) is 93.5 cm³/mol. The Morgan fingerprint density at radius 2 is 2.07 bits per heavy atom. The zero-order chi connectivity index (χ0) is 19.8. The Labute approximate surface area is 157 Å². The average molecular weight is 399 g/mol. The molecule has 27 heavy (non-hydrogen) atoms. The molecule has 1 aliphatic rings. The molecular formula is C18H14ClF3N2O3. The Kier molecular flexibility index (Phi) is 5.12. The van der Waals surface area contributed by atoms with Crippen molar-refractivity contribution < 1.29 is 27.8 Å². The van der Waals surface area contributed by atoms with Crippen molar-refractivity contribution in [1.29, 1.82) is 0 Å². The summed E-state index contributed by atoms with van der Waals surface area (Å²) in [6.07, 6.45) is -4.41. The highest BCUT2D eigenvalue weighted by Crippen LogP contribution is 2.35. The lowest BCUT2D eigenvalue weighted by Crippen LogP contribution is -2.30. The fourth-order valence-corrected chi connectivity index (χ4v) is 2.98. The second-order valence-corrected chi connectivity index (χ2v) is 6.36. The Morgan fingerprint density at radius 3 is 2.74 bits per heavy atom. The fraction of sp³-hybridized carbons (Fsp3) is 0.222. The van der Waals surface area contributed by atoms with Gasteiger partial charge in [-0.05, 0) is 35.9 Å². The molecule has 0 saturated carbocycles. The number of phenols is 1. The Morgan fingerprint density at radius 1 is 1.33 bits per heavy atom. The van der Waals surface area contributed by atoms with Crippen LogP contribution in [0, 0.1) is 0 Å². The summed E-state index contributed by atoms with van der Waals surface area (Å²) in [5, 5.41) is 13.0. The van der Waals surface area contributed by atoms with Gasteiger partial charge in [0.2, 0.25) is 0 Å². The predicted octanol–water partition coefficient (Wildman–Crippen LogP) is 4.23. The molecule has 3 rings (SSSR count). The fourth-order valence-electron chi connectivity index (χ4n) is 2.74. The molecule has 0 spiro atoms. The maximum Gasteiger partial charge on any atom is 0.416 e. The number of nitrogens with zero attached hydrogens (tertiary/aromatic N) is 1. The SMILES string of the molecule is COCc1cc(Cl)cc(C(=O)NC2=Nc3ccc(C(F)(F)F)cc3C2)c1O. The number of rotatable bonds is 3. The number of phenolic OH excluding ortho intramolecular Hbond substituents is 1. The lowest BCUT2D eigenvalue weighted by molar-refractivity contribution is -0.137. The quantitative estimate of drug-likeness (QED) is 0.813. The normalized spacial score (nSPS) is 13.3. The van der Waals surface area contributed by atoms with Crippen molar-refractivity contribution in [3.8, 4) is 5.75 Å². The second kappa shape index (κ2) is 7.21. The lowest BCUT2D eigenvalue weighted by Gasteiger charge is -2.11. The van der Waals surface area contributed by atoms with Gasteiger partial charge in [0.15, 0.2) is 0 Å². The third-order valence-electron chi connectivity index (χ3n) is 3.98. The highest BCUT2D eigenvalue weighted by Gasteiger charge is 2.32. The van der Waals surface area contributed by atoms with Crippen LogP contribution in [0.4, 0.5) is 18.9 Å². The minimum Gasteiger partial charge on any atom is -0.507 e. The lowest BCUT2D eigenvalue weighted by atomic mass is 10.1. The zero-order valence-electron chi connectivity index (χ0n) is 14.0. The number of amides is 1. The summed E-state index contributed by atoms with van der Waals surface area (Å²) in [5.41, 5.74) is 0.190. The van der Waals surface area contributed by atoms with E-state index in [1.54, 1.807) is 0 Å². The Bertz CT molecular complexity index is 942. The van der Waals surface area contributed by atoms with E-state index < -0.39 is 17.6 Å². The highest BCUT2D eigenvalue weighted by atomic mass is 35.5. The van der Waals surface area contributed by atoms with Crippen LogP contribution in [0.5, 0.6) is 5.75 Å². The molecule has 0 bridgehead atoms. The van der Waals surface area contributed by atoms with E-state index in [0.717, 1.165) is 12.1 Å². The Hall–Kier alpha value is -2.58. The van der Waals surface area contributed by atoms with Gasteiger partial charge in [0, 0.05) is 24.1 Å². The molecule has 1 amide bonds. The van der Waals surface area contributed by atoms with E-state index in [1.807, 2.05) is 0 Å². The molecule has 5 nitrogen and oxygen atoms in total. The molecule has 0 unspecified atom stereocenters. The van der Waals surface area contributed by atoms with Crippen LogP contribution in [0.1, 0.15) is 27.0 Å². The van der Waals surface area contributed by atoms with Crippen LogP contribution in [-0.4, -0.2) is 24.0 Å². The van der Waals surface area contributed by atoms with E-state index in [2.05, 4.69) is 10.3 Å². The largest absolute Gasteiger partial charge is 0.507 e. The van der Waals surface area contributed by atoms with E-state index in [4.69, 9.17) is 16.3 Å². The summed E-state index contributed by atoms with van der Waals surface area (Å²) < 4.78 is 43.4. The van der Waals surface area contributed by atoms with Crippen molar-refractivity contribution in [3.05, 3.63) is 57.6 Å². The summed E-state index contributed by atoms with van der Waals surface area (Å²) >= 11 is 5.97. The molecule has 0 aliphatic carbocycles. The monoisotopic (exact) mass is 398 g/mol. The number of aromatic hydroxyl groups is 1. The molecule has 9 heteroatoms. The molecule has 2 aromatic carbocycles. The van der Waals surface area contributed by atoms with Gasteiger partial charge in [0.05, 0.1) is 23.4 Å². The molecule has 0 atom stereocenters.